The smallest absolute Gasteiger partial charge is 0.129 e. The summed E-state index contributed by atoms with van der Waals surface area (Å²) in [6.07, 6.45) is 4.62. The quantitative estimate of drug-likeness (QED) is 0.574. The molecule has 0 radical (unpaired) electrons. The number of nitrogens with zero attached hydrogens (tertiary/aromatic N) is 2. The molecule has 1 aliphatic heterocycles. The van der Waals surface area contributed by atoms with Gasteiger partial charge in [0.25, 0.3) is 0 Å². The van der Waals surface area contributed by atoms with Crippen molar-refractivity contribution in [2.45, 2.75) is 31.5 Å². The predicted octanol–water partition coefficient (Wildman–Crippen LogP) is 2.19. The number of hydrogen-bond donors (Lipinski definition) is 3. The molecular formula is C19H22N4O2. The van der Waals surface area contributed by atoms with Gasteiger partial charge in [0.05, 0.1) is 17.9 Å². The van der Waals surface area contributed by atoms with Gasteiger partial charge in [0.2, 0.25) is 0 Å². The second-order valence-corrected chi connectivity index (χ2v) is 6.73. The average molecular weight is 338 g/mol. The summed E-state index contributed by atoms with van der Waals surface area (Å²) in [5.41, 5.74) is 8.42. The first-order valence-corrected chi connectivity index (χ1v) is 8.64. The Morgan fingerprint density at radius 2 is 2.08 bits per heavy atom. The van der Waals surface area contributed by atoms with Crippen molar-refractivity contribution >= 4 is 17.2 Å². The van der Waals surface area contributed by atoms with Crippen LogP contribution in [0, 0.1) is 5.41 Å². The molecular weight excluding hydrogens is 316 g/mol. The third kappa shape index (κ3) is 3.44. The lowest BCUT2D eigenvalue weighted by atomic mass is 10.0. The monoisotopic (exact) mass is 338 g/mol. The summed E-state index contributed by atoms with van der Waals surface area (Å²) in [6, 6.07) is 9.19. The van der Waals surface area contributed by atoms with Crippen molar-refractivity contribution in [3.63, 3.8) is 0 Å². The van der Waals surface area contributed by atoms with Crippen LogP contribution >= 0.6 is 0 Å². The van der Waals surface area contributed by atoms with Crippen molar-refractivity contribution in [2.24, 2.45) is 0 Å². The molecule has 1 saturated heterocycles. The molecule has 2 heterocycles. The first kappa shape index (κ1) is 15.9. The fourth-order valence-electron chi connectivity index (χ4n) is 3.06. The molecule has 2 fully saturated rings. The number of aromatic nitrogens is 1. The predicted molar refractivity (Wildman–Crippen MR) is 97.5 cm³/mol. The molecule has 4 rings (SSSR count). The second-order valence-electron chi connectivity index (χ2n) is 6.73. The number of nitrogen functional groups attached to an aromatic ring is 1. The van der Waals surface area contributed by atoms with E-state index in [0.717, 1.165) is 42.9 Å². The van der Waals surface area contributed by atoms with Crippen molar-refractivity contribution in [1.82, 2.24) is 4.98 Å². The van der Waals surface area contributed by atoms with E-state index < -0.39 is 0 Å². The first-order chi connectivity index (χ1) is 12.1. The summed E-state index contributed by atoms with van der Waals surface area (Å²) in [5.74, 6) is 1.54. The van der Waals surface area contributed by atoms with E-state index in [0.29, 0.717) is 29.6 Å². The molecule has 6 nitrogen and oxygen atoms in total. The lowest BCUT2D eigenvalue weighted by molar-refractivity contribution is 0.198. The third-order valence-corrected chi connectivity index (χ3v) is 4.64. The van der Waals surface area contributed by atoms with Crippen LogP contribution in [0.4, 0.5) is 11.5 Å². The Hall–Kier alpha value is -2.60. The molecule has 2 aliphatic rings. The van der Waals surface area contributed by atoms with Crippen molar-refractivity contribution in [3.05, 3.63) is 47.7 Å². The van der Waals surface area contributed by atoms with Crippen LogP contribution in [0.2, 0.25) is 0 Å². The van der Waals surface area contributed by atoms with E-state index in [4.69, 9.17) is 15.9 Å². The number of hydrogen-bond acceptors (Lipinski definition) is 6. The van der Waals surface area contributed by atoms with Crippen LogP contribution in [0.1, 0.15) is 30.4 Å². The van der Waals surface area contributed by atoms with E-state index in [-0.39, 0.29) is 6.10 Å². The van der Waals surface area contributed by atoms with Gasteiger partial charge in [0.1, 0.15) is 11.6 Å². The van der Waals surface area contributed by atoms with E-state index in [1.807, 2.05) is 29.2 Å². The molecule has 0 unspecified atom stereocenters. The van der Waals surface area contributed by atoms with Gasteiger partial charge in [-0.3, -0.25) is 5.41 Å². The van der Waals surface area contributed by atoms with E-state index >= 15 is 0 Å². The number of nitrogens with two attached hydrogens (primary N) is 1. The van der Waals surface area contributed by atoms with Gasteiger partial charge in [-0.1, -0.05) is 0 Å². The highest BCUT2D eigenvalue weighted by molar-refractivity contribution is 6.14. The van der Waals surface area contributed by atoms with Gasteiger partial charge in [-0.25, -0.2) is 4.98 Å². The number of benzene rings is 1. The standard InChI is InChI=1S/C19H22N4O2/c20-17-4-3-15(25-14-1-2-14)10-16(17)19(21)12-5-7-22-18(9-12)23-8-6-13(24)11-23/h3-5,7,9-10,13-14,21,24H,1-2,6,8,11,20H2/t13-/m0/s1. The minimum atomic E-state index is -0.309. The lowest BCUT2D eigenvalue weighted by Gasteiger charge is -2.18. The summed E-state index contributed by atoms with van der Waals surface area (Å²) in [6.45, 7) is 1.36. The minimum Gasteiger partial charge on any atom is -0.490 e. The summed E-state index contributed by atoms with van der Waals surface area (Å²) in [5, 5.41) is 18.3. The third-order valence-electron chi connectivity index (χ3n) is 4.64. The molecule has 1 saturated carbocycles. The van der Waals surface area contributed by atoms with Gasteiger partial charge < -0.3 is 20.5 Å². The number of pyridine rings is 1. The summed E-state index contributed by atoms with van der Waals surface area (Å²) in [7, 11) is 0. The number of nitrogens with one attached hydrogen (secondary N) is 1. The van der Waals surface area contributed by atoms with Crippen molar-refractivity contribution in [1.29, 1.82) is 5.41 Å². The number of aliphatic hydroxyl groups is 1. The second kappa shape index (κ2) is 6.37. The lowest BCUT2D eigenvalue weighted by Crippen LogP contribution is -2.22. The highest BCUT2D eigenvalue weighted by atomic mass is 16.5. The summed E-state index contributed by atoms with van der Waals surface area (Å²) < 4.78 is 5.82. The zero-order valence-electron chi connectivity index (χ0n) is 14.0. The van der Waals surface area contributed by atoms with Crippen molar-refractivity contribution in [2.75, 3.05) is 23.7 Å². The Kier molecular flexibility index (Phi) is 4.05. The number of ether oxygens (including phenoxy) is 1. The van der Waals surface area contributed by atoms with E-state index in [9.17, 15) is 5.11 Å². The Bertz CT molecular complexity index is 804. The number of anilines is 2. The van der Waals surface area contributed by atoms with Crippen LogP contribution in [-0.2, 0) is 0 Å². The van der Waals surface area contributed by atoms with Crippen LogP contribution in [0.15, 0.2) is 36.5 Å². The summed E-state index contributed by atoms with van der Waals surface area (Å²) in [4.78, 5) is 6.42. The number of β-amino-alcohol motifs (C(OH)–C–C–N with tert-alkyl or cyclic N) is 1. The Balaban J connectivity index is 1.60. The molecule has 1 aromatic carbocycles. The van der Waals surface area contributed by atoms with E-state index in [2.05, 4.69) is 4.98 Å². The largest absolute Gasteiger partial charge is 0.490 e. The SMILES string of the molecule is N=C(c1ccnc(N2CC[C@H](O)C2)c1)c1cc(OC2CC2)ccc1N. The van der Waals surface area contributed by atoms with Gasteiger partial charge in [-0.15, -0.1) is 0 Å². The maximum Gasteiger partial charge on any atom is 0.129 e. The molecule has 0 bridgehead atoms. The normalized spacial score (nSPS) is 19.9. The topological polar surface area (TPSA) is 95.5 Å². The zero-order valence-corrected chi connectivity index (χ0v) is 14.0. The molecule has 0 amide bonds. The fourth-order valence-corrected chi connectivity index (χ4v) is 3.06. The van der Waals surface area contributed by atoms with E-state index in [1.165, 1.54) is 0 Å². The Labute approximate surface area is 146 Å². The van der Waals surface area contributed by atoms with Gasteiger partial charge in [-0.2, -0.15) is 0 Å². The van der Waals surface area contributed by atoms with Crippen LogP contribution in [0.3, 0.4) is 0 Å². The van der Waals surface area contributed by atoms with Gasteiger partial charge in [0.15, 0.2) is 0 Å². The molecule has 1 atom stereocenters. The number of aliphatic hydroxyl groups excluding tert-OH is 1. The van der Waals surface area contributed by atoms with Crippen LogP contribution < -0.4 is 15.4 Å². The Morgan fingerprint density at radius 3 is 2.80 bits per heavy atom. The van der Waals surface area contributed by atoms with Crippen LogP contribution in [0.5, 0.6) is 5.75 Å². The number of rotatable bonds is 5. The zero-order chi connectivity index (χ0) is 17.4. The molecule has 25 heavy (non-hydrogen) atoms. The maximum atomic E-state index is 9.72. The van der Waals surface area contributed by atoms with E-state index in [1.54, 1.807) is 12.3 Å². The highest BCUT2D eigenvalue weighted by Crippen LogP contribution is 2.30. The fraction of sp³-hybridized carbons (Fsp3) is 0.368. The molecule has 0 spiro atoms. The molecule has 1 aromatic heterocycles. The summed E-state index contributed by atoms with van der Waals surface area (Å²) >= 11 is 0. The maximum absolute atomic E-state index is 9.72. The molecule has 1 aliphatic carbocycles. The molecule has 4 N–H and O–H groups in total. The van der Waals surface area contributed by atoms with Gasteiger partial charge in [-0.05, 0) is 49.6 Å². The van der Waals surface area contributed by atoms with Crippen LogP contribution in [-0.4, -0.2) is 41.1 Å². The Morgan fingerprint density at radius 1 is 1.24 bits per heavy atom. The van der Waals surface area contributed by atoms with Crippen LogP contribution in [0.25, 0.3) is 0 Å². The molecule has 130 valence electrons. The minimum absolute atomic E-state index is 0.305. The first-order valence-electron chi connectivity index (χ1n) is 8.64. The average Bonchev–Trinajstić information content (AvgIpc) is 3.33. The van der Waals surface area contributed by atoms with Crippen molar-refractivity contribution < 1.29 is 9.84 Å². The van der Waals surface area contributed by atoms with Gasteiger partial charge in [0, 0.05) is 36.1 Å². The van der Waals surface area contributed by atoms with Gasteiger partial charge >= 0.3 is 0 Å². The molecule has 2 aromatic rings. The highest BCUT2D eigenvalue weighted by Gasteiger charge is 2.24. The van der Waals surface area contributed by atoms with Crippen molar-refractivity contribution in [3.8, 4) is 5.75 Å². The molecule has 6 heteroatoms.